The van der Waals surface area contributed by atoms with Gasteiger partial charge in [-0.1, -0.05) is 35.5 Å². The molecule has 0 aliphatic carbocycles. The Kier molecular flexibility index (Phi) is 6.32. The van der Waals surface area contributed by atoms with Crippen molar-refractivity contribution in [2.75, 3.05) is 13.2 Å². The smallest absolute Gasteiger partial charge is 0.141 e. The molecule has 5 nitrogen and oxygen atoms in total. The topological polar surface area (TPSA) is 82.1 Å². The van der Waals surface area contributed by atoms with Gasteiger partial charge in [0.2, 0.25) is 0 Å². The fraction of sp³-hybridized carbons (Fsp3) is 0.500. The lowest BCUT2D eigenvalue weighted by Gasteiger charge is -2.34. The fourth-order valence-corrected chi connectivity index (χ4v) is 2.23. The van der Waals surface area contributed by atoms with E-state index < -0.39 is 0 Å². The molecule has 0 saturated carbocycles. The zero-order chi connectivity index (χ0) is 14.3. The molecule has 0 heterocycles. The molecule has 1 atom stereocenters. The maximum Gasteiger partial charge on any atom is 0.141 e. The average Bonchev–Trinajstić information content (AvgIpc) is 2.43. The summed E-state index contributed by atoms with van der Waals surface area (Å²) in [6.07, 6.45) is 0.429. The Morgan fingerprint density at radius 1 is 1.32 bits per heavy atom. The molecule has 0 fully saturated rings. The van der Waals surface area contributed by atoms with Gasteiger partial charge in [-0.2, -0.15) is 0 Å². The monoisotopic (exact) mass is 265 g/mol. The predicted molar refractivity (Wildman–Crippen MR) is 76.1 cm³/mol. The molecule has 0 aromatic heterocycles. The van der Waals surface area contributed by atoms with Crippen LogP contribution in [0.3, 0.4) is 0 Å². The van der Waals surface area contributed by atoms with Gasteiger partial charge in [0, 0.05) is 25.0 Å². The van der Waals surface area contributed by atoms with Gasteiger partial charge in [-0.25, -0.2) is 0 Å². The highest BCUT2D eigenvalue weighted by Crippen LogP contribution is 2.26. The van der Waals surface area contributed by atoms with Crippen LogP contribution in [0.5, 0.6) is 0 Å². The van der Waals surface area contributed by atoms with Crippen molar-refractivity contribution in [1.82, 2.24) is 4.90 Å². The largest absolute Gasteiger partial charge is 0.409 e. The molecule has 1 unspecified atom stereocenters. The number of amidine groups is 1. The SMILES string of the molecule is CC(C)N(CCO)C(C/C(N)=N/O)c1ccccc1. The summed E-state index contributed by atoms with van der Waals surface area (Å²) in [5.41, 5.74) is 6.75. The normalized spacial score (nSPS) is 14.1. The third-order valence-corrected chi connectivity index (χ3v) is 3.14. The Morgan fingerprint density at radius 3 is 2.42 bits per heavy atom. The molecular formula is C14H23N3O2. The first-order valence-electron chi connectivity index (χ1n) is 6.48. The number of aliphatic hydroxyl groups excluding tert-OH is 1. The summed E-state index contributed by atoms with van der Waals surface area (Å²) >= 11 is 0. The molecule has 106 valence electrons. The maximum atomic E-state index is 9.22. The molecular weight excluding hydrogens is 242 g/mol. The van der Waals surface area contributed by atoms with E-state index in [4.69, 9.17) is 10.9 Å². The van der Waals surface area contributed by atoms with Crippen molar-refractivity contribution in [2.45, 2.75) is 32.4 Å². The highest BCUT2D eigenvalue weighted by molar-refractivity contribution is 5.80. The van der Waals surface area contributed by atoms with Gasteiger partial charge >= 0.3 is 0 Å². The zero-order valence-corrected chi connectivity index (χ0v) is 11.5. The molecule has 0 aliphatic heterocycles. The van der Waals surface area contributed by atoms with Crippen LogP contribution in [0.15, 0.2) is 35.5 Å². The van der Waals surface area contributed by atoms with Crippen molar-refractivity contribution in [3.8, 4) is 0 Å². The lowest BCUT2D eigenvalue weighted by Crippen LogP contribution is -2.39. The molecule has 0 bridgehead atoms. The summed E-state index contributed by atoms with van der Waals surface area (Å²) in [6, 6.07) is 10.2. The summed E-state index contributed by atoms with van der Waals surface area (Å²) in [4.78, 5) is 2.15. The van der Waals surface area contributed by atoms with E-state index in [9.17, 15) is 5.11 Å². The van der Waals surface area contributed by atoms with Crippen LogP contribution >= 0.6 is 0 Å². The van der Waals surface area contributed by atoms with Gasteiger partial charge in [-0.15, -0.1) is 0 Å². The summed E-state index contributed by atoms with van der Waals surface area (Å²) in [7, 11) is 0. The Hall–Kier alpha value is -1.59. The predicted octanol–water partition coefficient (Wildman–Crippen LogP) is 1.57. The first-order valence-corrected chi connectivity index (χ1v) is 6.48. The minimum absolute atomic E-state index is 0.00995. The van der Waals surface area contributed by atoms with Crippen LogP contribution in [-0.4, -0.2) is 40.2 Å². The van der Waals surface area contributed by atoms with E-state index in [1.165, 1.54) is 0 Å². The quantitative estimate of drug-likeness (QED) is 0.302. The van der Waals surface area contributed by atoms with Gasteiger partial charge in [0.05, 0.1) is 6.61 Å². The standard InChI is InChI=1S/C14H23N3O2/c1-11(2)17(8-9-18)13(10-14(15)16-19)12-6-4-3-5-7-12/h3-7,11,13,18-19H,8-10H2,1-2H3,(H2,15,16). The van der Waals surface area contributed by atoms with Crippen LogP contribution in [0.2, 0.25) is 0 Å². The number of hydrogen-bond donors (Lipinski definition) is 3. The van der Waals surface area contributed by atoms with Crippen molar-refractivity contribution in [2.24, 2.45) is 10.9 Å². The van der Waals surface area contributed by atoms with Crippen LogP contribution in [0, 0.1) is 0 Å². The molecule has 5 heteroatoms. The first kappa shape index (κ1) is 15.5. The van der Waals surface area contributed by atoms with Crippen molar-refractivity contribution >= 4 is 5.84 Å². The number of nitrogens with zero attached hydrogens (tertiary/aromatic N) is 2. The van der Waals surface area contributed by atoms with Crippen molar-refractivity contribution < 1.29 is 10.3 Å². The van der Waals surface area contributed by atoms with E-state index in [2.05, 4.69) is 23.9 Å². The molecule has 0 saturated heterocycles. The van der Waals surface area contributed by atoms with E-state index in [1.807, 2.05) is 30.3 Å². The average molecular weight is 265 g/mol. The third-order valence-electron chi connectivity index (χ3n) is 3.14. The fourth-order valence-electron chi connectivity index (χ4n) is 2.23. The van der Waals surface area contributed by atoms with Gasteiger partial charge < -0.3 is 16.0 Å². The highest BCUT2D eigenvalue weighted by atomic mass is 16.4. The van der Waals surface area contributed by atoms with E-state index in [0.29, 0.717) is 13.0 Å². The molecule has 0 aliphatic rings. The number of nitrogens with two attached hydrogens (primary N) is 1. The van der Waals surface area contributed by atoms with Gasteiger partial charge in [0.25, 0.3) is 0 Å². The minimum atomic E-state index is -0.00995. The van der Waals surface area contributed by atoms with Gasteiger partial charge in [-0.05, 0) is 19.4 Å². The van der Waals surface area contributed by atoms with Crippen molar-refractivity contribution in [1.29, 1.82) is 0 Å². The second-order valence-electron chi connectivity index (χ2n) is 4.78. The molecule has 1 aromatic rings. The lowest BCUT2D eigenvalue weighted by molar-refractivity contribution is 0.120. The van der Waals surface area contributed by atoms with Gasteiger partial charge in [0.1, 0.15) is 5.84 Å². The molecule has 1 rings (SSSR count). The molecule has 1 aromatic carbocycles. The Balaban J connectivity index is 3.03. The summed E-state index contributed by atoms with van der Waals surface area (Å²) < 4.78 is 0. The zero-order valence-electron chi connectivity index (χ0n) is 11.5. The maximum absolute atomic E-state index is 9.22. The number of benzene rings is 1. The van der Waals surface area contributed by atoms with Crippen molar-refractivity contribution in [3.63, 3.8) is 0 Å². The van der Waals surface area contributed by atoms with Crippen LogP contribution in [0.25, 0.3) is 0 Å². The molecule has 0 spiro atoms. The van der Waals surface area contributed by atoms with E-state index in [-0.39, 0.29) is 24.5 Å². The van der Waals surface area contributed by atoms with Crippen molar-refractivity contribution in [3.05, 3.63) is 35.9 Å². The van der Waals surface area contributed by atoms with E-state index in [0.717, 1.165) is 5.56 Å². The summed E-state index contributed by atoms with van der Waals surface area (Å²) in [5, 5.41) is 21.1. The second-order valence-corrected chi connectivity index (χ2v) is 4.78. The number of hydrogen-bond acceptors (Lipinski definition) is 4. The number of oxime groups is 1. The van der Waals surface area contributed by atoms with Crippen LogP contribution in [0.4, 0.5) is 0 Å². The van der Waals surface area contributed by atoms with E-state index in [1.54, 1.807) is 0 Å². The molecule has 4 N–H and O–H groups in total. The first-order chi connectivity index (χ1) is 9.10. The Labute approximate surface area is 114 Å². The lowest BCUT2D eigenvalue weighted by atomic mass is 10.00. The highest BCUT2D eigenvalue weighted by Gasteiger charge is 2.23. The van der Waals surface area contributed by atoms with Crippen LogP contribution in [0.1, 0.15) is 31.9 Å². The minimum Gasteiger partial charge on any atom is -0.409 e. The second kappa shape index (κ2) is 7.76. The van der Waals surface area contributed by atoms with Gasteiger partial charge in [0.15, 0.2) is 0 Å². The molecule has 0 amide bonds. The Bertz CT molecular complexity index is 393. The number of aliphatic hydroxyl groups is 1. The van der Waals surface area contributed by atoms with Crippen LogP contribution < -0.4 is 5.73 Å². The number of rotatable bonds is 7. The molecule has 0 radical (unpaired) electrons. The van der Waals surface area contributed by atoms with Gasteiger partial charge in [-0.3, -0.25) is 4.90 Å². The molecule has 19 heavy (non-hydrogen) atoms. The Morgan fingerprint density at radius 2 is 1.95 bits per heavy atom. The summed E-state index contributed by atoms with van der Waals surface area (Å²) in [5.74, 6) is 0.192. The van der Waals surface area contributed by atoms with Crippen LogP contribution in [-0.2, 0) is 0 Å². The summed E-state index contributed by atoms with van der Waals surface area (Å²) in [6.45, 7) is 4.77. The van der Waals surface area contributed by atoms with E-state index >= 15 is 0 Å². The third kappa shape index (κ3) is 4.54.